The lowest BCUT2D eigenvalue weighted by atomic mass is 10.1. The molecule has 0 aliphatic carbocycles. The molecule has 2 aromatic rings. The summed E-state index contributed by atoms with van der Waals surface area (Å²) in [6.45, 7) is 1.78. The lowest BCUT2D eigenvalue weighted by Crippen LogP contribution is -2.08. The first-order chi connectivity index (χ1) is 8.18. The van der Waals surface area contributed by atoms with Crippen LogP contribution in [-0.2, 0) is 0 Å². The Morgan fingerprint density at radius 3 is 2.71 bits per heavy atom. The van der Waals surface area contributed by atoms with Crippen LogP contribution in [0.15, 0.2) is 52.5 Å². The minimum absolute atomic E-state index is 0.263. The first kappa shape index (κ1) is 12.1. The van der Waals surface area contributed by atoms with E-state index in [2.05, 4.69) is 4.98 Å². The van der Waals surface area contributed by atoms with Crippen molar-refractivity contribution >= 4 is 11.8 Å². The molecular weight excluding hydrogens is 235 g/mol. The van der Waals surface area contributed by atoms with E-state index in [0.717, 1.165) is 9.92 Å². The van der Waals surface area contributed by atoms with E-state index in [9.17, 15) is 4.39 Å². The standard InChI is InChI=1S/C13H13FN2S/c1-9(15)13-10(14)5-4-6-11(13)17-12-7-2-3-8-16-12/h2-9H,15H2,1H3. The quantitative estimate of drug-likeness (QED) is 0.905. The van der Waals surface area contributed by atoms with Gasteiger partial charge in [-0.3, -0.25) is 0 Å². The van der Waals surface area contributed by atoms with Gasteiger partial charge in [0, 0.05) is 22.7 Å². The van der Waals surface area contributed by atoms with E-state index < -0.39 is 0 Å². The van der Waals surface area contributed by atoms with Crippen molar-refractivity contribution in [2.45, 2.75) is 22.9 Å². The zero-order chi connectivity index (χ0) is 12.3. The third-order valence-electron chi connectivity index (χ3n) is 2.32. The van der Waals surface area contributed by atoms with Crippen molar-refractivity contribution < 1.29 is 4.39 Å². The highest BCUT2D eigenvalue weighted by atomic mass is 32.2. The molecule has 88 valence electrons. The minimum Gasteiger partial charge on any atom is -0.324 e. The van der Waals surface area contributed by atoms with Crippen molar-refractivity contribution in [3.63, 3.8) is 0 Å². The van der Waals surface area contributed by atoms with Gasteiger partial charge < -0.3 is 5.73 Å². The molecule has 2 N–H and O–H groups in total. The summed E-state index contributed by atoms with van der Waals surface area (Å²) >= 11 is 1.43. The van der Waals surface area contributed by atoms with Gasteiger partial charge in [0.1, 0.15) is 10.8 Å². The molecular formula is C13H13FN2S. The zero-order valence-electron chi connectivity index (χ0n) is 9.43. The van der Waals surface area contributed by atoms with Gasteiger partial charge >= 0.3 is 0 Å². The van der Waals surface area contributed by atoms with Gasteiger partial charge in [-0.2, -0.15) is 0 Å². The summed E-state index contributed by atoms with van der Waals surface area (Å²) in [4.78, 5) is 5.02. The summed E-state index contributed by atoms with van der Waals surface area (Å²) < 4.78 is 13.7. The molecule has 0 saturated carbocycles. The average molecular weight is 248 g/mol. The van der Waals surface area contributed by atoms with Crippen molar-refractivity contribution in [3.8, 4) is 0 Å². The third-order valence-corrected chi connectivity index (χ3v) is 3.35. The Balaban J connectivity index is 2.36. The maximum absolute atomic E-state index is 13.7. The van der Waals surface area contributed by atoms with E-state index in [1.165, 1.54) is 17.8 Å². The van der Waals surface area contributed by atoms with Gasteiger partial charge in [0.05, 0.1) is 0 Å². The summed E-state index contributed by atoms with van der Waals surface area (Å²) in [5.41, 5.74) is 6.34. The first-order valence-electron chi connectivity index (χ1n) is 5.31. The van der Waals surface area contributed by atoms with Gasteiger partial charge in [0.15, 0.2) is 0 Å². The van der Waals surface area contributed by atoms with Gasteiger partial charge in [-0.1, -0.05) is 23.9 Å². The summed E-state index contributed by atoms with van der Waals surface area (Å²) in [5.74, 6) is -0.263. The molecule has 2 rings (SSSR count). The fraction of sp³-hybridized carbons (Fsp3) is 0.154. The Morgan fingerprint density at radius 1 is 1.24 bits per heavy atom. The van der Waals surface area contributed by atoms with E-state index in [1.807, 2.05) is 24.3 Å². The van der Waals surface area contributed by atoms with Crippen LogP contribution in [0.2, 0.25) is 0 Å². The van der Waals surface area contributed by atoms with Crippen LogP contribution in [0.1, 0.15) is 18.5 Å². The summed E-state index contributed by atoms with van der Waals surface area (Å²) in [6.07, 6.45) is 1.72. The second kappa shape index (κ2) is 5.29. The van der Waals surface area contributed by atoms with Crippen LogP contribution in [0.3, 0.4) is 0 Å². The lowest BCUT2D eigenvalue weighted by Gasteiger charge is -2.12. The molecule has 0 spiro atoms. The number of halogens is 1. The third kappa shape index (κ3) is 2.84. The second-order valence-electron chi connectivity index (χ2n) is 3.71. The Kier molecular flexibility index (Phi) is 3.76. The Morgan fingerprint density at radius 2 is 2.06 bits per heavy atom. The van der Waals surface area contributed by atoms with Crippen LogP contribution >= 0.6 is 11.8 Å². The average Bonchev–Trinajstić information content (AvgIpc) is 2.30. The molecule has 0 aliphatic rings. The normalized spacial score (nSPS) is 12.4. The predicted octanol–water partition coefficient (Wildman–Crippen LogP) is 3.39. The molecule has 1 aromatic heterocycles. The molecule has 0 saturated heterocycles. The van der Waals surface area contributed by atoms with Crippen LogP contribution in [-0.4, -0.2) is 4.98 Å². The van der Waals surface area contributed by atoms with E-state index in [1.54, 1.807) is 19.2 Å². The van der Waals surface area contributed by atoms with Gasteiger partial charge in [0.25, 0.3) is 0 Å². The Labute approximate surface area is 104 Å². The zero-order valence-corrected chi connectivity index (χ0v) is 10.2. The molecule has 17 heavy (non-hydrogen) atoms. The molecule has 0 amide bonds. The molecule has 0 bridgehead atoms. The largest absolute Gasteiger partial charge is 0.324 e. The fourth-order valence-electron chi connectivity index (χ4n) is 1.57. The molecule has 0 aliphatic heterocycles. The van der Waals surface area contributed by atoms with Crippen LogP contribution in [0.5, 0.6) is 0 Å². The molecule has 0 radical (unpaired) electrons. The van der Waals surface area contributed by atoms with Crippen molar-refractivity contribution in [3.05, 3.63) is 54.0 Å². The fourth-order valence-corrected chi connectivity index (χ4v) is 2.59. The molecule has 1 unspecified atom stereocenters. The second-order valence-corrected chi connectivity index (χ2v) is 4.77. The molecule has 4 heteroatoms. The number of aromatic nitrogens is 1. The maximum Gasteiger partial charge on any atom is 0.129 e. The highest BCUT2D eigenvalue weighted by Crippen LogP contribution is 2.32. The Bertz CT molecular complexity index is 500. The van der Waals surface area contributed by atoms with E-state index in [0.29, 0.717) is 5.56 Å². The van der Waals surface area contributed by atoms with Gasteiger partial charge in [-0.25, -0.2) is 9.37 Å². The number of benzene rings is 1. The van der Waals surface area contributed by atoms with Gasteiger partial charge in [0.2, 0.25) is 0 Å². The predicted molar refractivity (Wildman–Crippen MR) is 67.4 cm³/mol. The summed E-state index contributed by atoms with van der Waals surface area (Å²) in [7, 11) is 0. The summed E-state index contributed by atoms with van der Waals surface area (Å²) in [5, 5.41) is 0.833. The SMILES string of the molecule is CC(N)c1c(F)cccc1Sc1ccccn1. The number of rotatable bonds is 3. The molecule has 1 heterocycles. The van der Waals surface area contributed by atoms with Crippen molar-refractivity contribution in [1.29, 1.82) is 0 Å². The van der Waals surface area contributed by atoms with Gasteiger partial charge in [-0.05, 0) is 31.2 Å². The van der Waals surface area contributed by atoms with E-state index >= 15 is 0 Å². The van der Waals surface area contributed by atoms with E-state index in [4.69, 9.17) is 5.73 Å². The number of hydrogen-bond donors (Lipinski definition) is 1. The molecule has 0 fully saturated rings. The number of pyridine rings is 1. The molecule has 1 aromatic carbocycles. The first-order valence-corrected chi connectivity index (χ1v) is 6.13. The lowest BCUT2D eigenvalue weighted by molar-refractivity contribution is 0.585. The highest BCUT2D eigenvalue weighted by molar-refractivity contribution is 7.99. The van der Waals surface area contributed by atoms with Crippen LogP contribution in [0.25, 0.3) is 0 Å². The van der Waals surface area contributed by atoms with Gasteiger partial charge in [-0.15, -0.1) is 0 Å². The minimum atomic E-state index is -0.331. The molecule has 1 atom stereocenters. The van der Waals surface area contributed by atoms with Crippen molar-refractivity contribution in [2.75, 3.05) is 0 Å². The highest BCUT2D eigenvalue weighted by Gasteiger charge is 2.13. The number of hydrogen-bond acceptors (Lipinski definition) is 3. The summed E-state index contributed by atoms with van der Waals surface area (Å²) in [6, 6.07) is 10.3. The maximum atomic E-state index is 13.7. The van der Waals surface area contributed by atoms with Crippen LogP contribution in [0.4, 0.5) is 4.39 Å². The van der Waals surface area contributed by atoms with Crippen molar-refractivity contribution in [2.24, 2.45) is 5.73 Å². The van der Waals surface area contributed by atoms with Crippen molar-refractivity contribution in [1.82, 2.24) is 4.98 Å². The Hall–Kier alpha value is -1.39. The smallest absolute Gasteiger partial charge is 0.129 e. The monoisotopic (exact) mass is 248 g/mol. The van der Waals surface area contributed by atoms with E-state index in [-0.39, 0.29) is 11.9 Å². The van der Waals surface area contributed by atoms with Crippen LogP contribution in [0, 0.1) is 5.82 Å². The number of nitrogens with zero attached hydrogens (tertiary/aromatic N) is 1. The number of nitrogens with two attached hydrogens (primary N) is 1. The van der Waals surface area contributed by atoms with Crippen LogP contribution < -0.4 is 5.73 Å². The topological polar surface area (TPSA) is 38.9 Å². The molecule has 2 nitrogen and oxygen atoms in total.